The van der Waals surface area contributed by atoms with Crippen molar-refractivity contribution < 1.29 is 13.9 Å². The predicted octanol–water partition coefficient (Wildman–Crippen LogP) is 4.41. The van der Waals surface area contributed by atoms with Crippen molar-refractivity contribution in [3.8, 4) is 16.9 Å². The number of anilines is 2. The van der Waals surface area contributed by atoms with E-state index < -0.39 is 0 Å². The second-order valence-electron chi connectivity index (χ2n) is 6.89. The molecule has 2 aromatic heterocycles. The lowest BCUT2D eigenvalue weighted by Gasteiger charge is -2.13. The molecule has 4 rings (SSSR count). The van der Waals surface area contributed by atoms with Crippen LogP contribution in [0, 0.1) is 5.82 Å². The average molecular weight is 417 g/mol. The zero-order chi connectivity index (χ0) is 21.8. The van der Waals surface area contributed by atoms with Gasteiger partial charge in [0.15, 0.2) is 0 Å². The number of ether oxygens (including phenoxy) is 1. The molecule has 7 nitrogen and oxygen atoms in total. The fourth-order valence-corrected chi connectivity index (χ4v) is 3.21. The van der Waals surface area contributed by atoms with E-state index in [0.29, 0.717) is 29.4 Å². The van der Waals surface area contributed by atoms with Crippen LogP contribution in [-0.2, 0) is 11.3 Å². The van der Waals surface area contributed by atoms with Gasteiger partial charge in [-0.25, -0.2) is 19.3 Å². The summed E-state index contributed by atoms with van der Waals surface area (Å²) < 4.78 is 18.9. The van der Waals surface area contributed by atoms with Crippen molar-refractivity contribution in [3.63, 3.8) is 0 Å². The summed E-state index contributed by atoms with van der Waals surface area (Å²) in [5, 5.41) is 6.73. The van der Waals surface area contributed by atoms with Gasteiger partial charge in [-0.15, -0.1) is 0 Å². The molecule has 2 heterocycles. The minimum atomic E-state index is -0.291. The summed E-state index contributed by atoms with van der Waals surface area (Å²) in [5.41, 5.74) is 3.31. The maximum Gasteiger partial charge on any atom is 0.222 e. The van der Waals surface area contributed by atoms with Gasteiger partial charge in [0.05, 0.1) is 7.11 Å². The SMILES string of the molecule is COc1cc(-c2ccc(F)cc2)cc2c(NCc3ccc(NC(C)=O)nc3)ncnc12. The largest absolute Gasteiger partial charge is 0.494 e. The molecule has 2 aromatic carbocycles. The number of aromatic nitrogens is 3. The molecule has 0 radical (unpaired) electrons. The number of rotatable bonds is 6. The van der Waals surface area contributed by atoms with Crippen LogP contribution in [0.2, 0.25) is 0 Å². The molecule has 31 heavy (non-hydrogen) atoms. The zero-order valence-electron chi connectivity index (χ0n) is 17.0. The Bertz CT molecular complexity index is 1230. The Morgan fingerprint density at radius 3 is 2.52 bits per heavy atom. The summed E-state index contributed by atoms with van der Waals surface area (Å²) in [6.45, 7) is 1.91. The average Bonchev–Trinajstić information content (AvgIpc) is 2.78. The zero-order valence-corrected chi connectivity index (χ0v) is 17.0. The Hall–Kier alpha value is -4.07. The molecule has 4 aromatic rings. The van der Waals surface area contributed by atoms with Gasteiger partial charge >= 0.3 is 0 Å². The molecule has 0 unspecified atom stereocenters. The van der Waals surface area contributed by atoms with Gasteiger partial charge in [-0.05, 0) is 47.0 Å². The highest BCUT2D eigenvalue weighted by molar-refractivity contribution is 5.96. The van der Waals surface area contributed by atoms with Crippen LogP contribution in [0.4, 0.5) is 16.0 Å². The first-order chi connectivity index (χ1) is 15.0. The highest BCUT2D eigenvalue weighted by Gasteiger charge is 2.12. The minimum absolute atomic E-state index is 0.170. The van der Waals surface area contributed by atoms with Crippen LogP contribution >= 0.6 is 0 Å². The number of methoxy groups -OCH3 is 1. The summed E-state index contributed by atoms with van der Waals surface area (Å²) in [4.78, 5) is 24.1. The van der Waals surface area contributed by atoms with Crippen molar-refractivity contribution in [2.24, 2.45) is 0 Å². The van der Waals surface area contributed by atoms with Crippen molar-refractivity contribution >= 4 is 28.4 Å². The summed E-state index contributed by atoms with van der Waals surface area (Å²) in [7, 11) is 1.58. The van der Waals surface area contributed by atoms with Gasteiger partial charge in [-0.3, -0.25) is 4.79 Å². The smallest absolute Gasteiger partial charge is 0.222 e. The van der Waals surface area contributed by atoms with Gasteiger partial charge in [0.1, 0.15) is 35.0 Å². The normalized spacial score (nSPS) is 10.7. The van der Waals surface area contributed by atoms with Crippen molar-refractivity contribution in [1.82, 2.24) is 15.0 Å². The van der Waals surface area contributed by atoms with Crippen LogP contribution in [0.15, 0.2) is 61.1 Å². The topological polar surface area (TPSA) is 89.0 Å². The van der Waals surface area contributed by atoms with E-state index in [1.54, 1.807) is 31.5 Å². The number of benzene rings is 2. The first-order valence-electron chi connectivity index (χ1n) is 9.58. The fraction of sp³-hybridized carbons (Fsp3) is 0.130. The molecule has 0 atom stereocenters. The molecule has 0 fully saturated rings. The van der Waals surface area contributed by atoms with Crippen molar-refractivity contribution in [2.75, 3.05) is 17.7 Å². The molecule has 0 saturated heterocycles. The Kier molecular flexibility index (Phi) is 5.70. The first-order valence-corrected chi connectivity index (χ1v) is 9.58. The van der Waals surface area contributed by atoms with Gasteiger partial charge < -0.3 is 15.4 Å². The van der Waals surface area contributed by atoms with Gasteiger partial charge in [-0.1, -0.05) is 18.2 Å². The van der Waals surface area contributed by atoms with Crippen LogP contribution in [0.1, 0.15) is 12.5 Å². The molecule has 0 saturated carbocycles. The number of hydrogen-bond acceptors (Lipinski definition) is 6. The monoisotopic (exact) mass is 417 g/mol. The van der Waals surface area contributed by atoms with Gasteiger partial charge in [0.2, 0.25) is 5.91 Å². The molecular formula is C23H20FN5O2. The lowest BCUT2D eigenvalue weighted by atomic mass is 10.0. The lowest BCUT2D eigenvalue weighted by molar-refractivity contribution is -0.114. The van der Waals surface area contributed by atoms with Crippen molar-refractivity contribution in [2.45, 2.75) is 13.5 Å². The second kappa shape index (κ2) is 8.74. The third-order valence-corrected chi connectivity index (χ3v) is 4.69. The van der Waals surface area contributed by atoms with Crippen LogP contribution in [0.3, 0.4) is 0 Å². The maximum absolute atomic E-state index is 13.3. The Morgan fingerprint density at radius 1 is 1.03 bits per heavy atom. The standard InChI is InChI=1S/C23H20FN5O2/c1-14(30)29-21-8-3-15(11-25-21)12-26-23-19-9-17(16-4-6-18(24)7-5-16)10-20(31-2)22(19)27-13-28-23/h3-11,13H,12H2,1-2H3,(H,25,29,30)(H,26,27,28). The number of nitrogens with zero attached hydrogens (tertiary/aromatic N) is 3. The Labute approximate surface area is 178 Å². The summed E-state index contributed by atoms with van der Waals surface area (Å²) in [6.07, 6.45) is 3.16. The predicted molar refractivity (Wildman–Crippen MR) is 117 cm³/mol. The second-order valence-corrected chi connectivity index (χ2v) is 6.89. The van der Waals surface area contributed by atoms with Crippen molar-refractivity contribution in [3.05, 3.63) is 72.4 Å². The molecule has 0 aliphatic heterocycles. The van der Waals surface area contributed by atoms with Crippen LogP contribution in [0.5, 0.6) is 5.75 Å². The molecule has 2 N–H and O–H groups in total. The molecule has 8 heteroatoms. The number of carbonyl (C=O) groups is 1. The maximum atomic E-state index is 13.3. The third kappa shape index (κ3) is 4.58. The quantitative estimate of drug-likeness (QED) is 0.483. The number of carbonyl (C=O) groups excluding carboxylic acids is 1. The van der Waals surface area contributed by atoms with Gasteiger partial charge in [-0.2, -0.15) is 0 Å². The van der Waals surface area contributed by atoms with Crippen LogP contribution < -0.4 is 15.4 Å². The third-order valence-electron chi connectivity index (χ3n) is 4.69. The number of hydrogen-bond donors (Lipinski definition) is 2. The number of pyridine rings is 1. The summed E-state index contributed by atoms with van der Waals surface area (Å²) in [6, 6.07) is 13.7. The minimum Gasteiger partial charge on any atom is -0.494 e. The Morgan fingerprint density at radius 2 is 1.84 bits per heavy atom. The molecule has 156 valence electrons. The van der Waals surface area contributed by atoms with Gasteiger partial charge in [0.25, 0.3) is 0 Å². The van der Waals surface area contributed by atoms with E-state index in [1.807, 2.05) is 18.2 Å². The number of halogens is 1. The number of amides is 1. The van der Waals surface area contributed by atoms with E-state index in [4.69, 9.17) is 4.74 Å². The molecular weight excluding hydrogens is 397 g/mol. The Balaban J connectivity index is 1.65. The van der Waals surface area contributed by atoms with E-state index in [9.17, 15) is 9.18 Å². The van der Waals surface area contributed by atoms with E-state index in [2.05, 4.69) is 25.6 Å². The van der Waals surface area contributed by atoms with E-state index >= 15 is 0 Å². The van der Waals surface area contributed by atoms with Crippen LogP contribution in [-0.4, -0.2) is 28.0 Å². The summed E-state index contributed by atoms with van der Waals surface area (Å²) >= 11 is 0. The van der Waals surface area contributed by atoms with Crippen molar-refractivity contribution in [1.29, 1.82) is 0 Å². The highest BCUT2D eigenvalue weighted by Crippen LogP contribution is 2.34. The molecule has 0 aliphatic rings. The first kappa shape index (κ1) is 20.2. The fourth-order valence-electron chi connectivity index (χ4n) is 3.21. The molecule has 0 spiro atoms. The lowest BCUT2D eigenvalue weighted by Crippen LogP contribution is -2.08. The van der Waals surface area contributed by atoms with E-state index in [0.717, 1.165) is 22.1 Å². The van der Waals surface area contributed by atoms with E-state index in [1.165, 1.54) is 25.4 Å². The highest BCUT2D eigenvalue weighted by atomic mass is 19.1. The van der Waals surface area contributed by atoms with Crippen LogP contribution in [0.25, 0.3) is 22.0 Å². The number of fused-ring (bicyclic) bond motifs is 1. The molecule has 0 aliphatic carbocycles. The van der Waals surface area contributed by atoms with E-state index in [-0.39, 0.29) is 11.7 Å². The van der Waals surface area contributed by atoms with Gasteiger partial charge in [0, 0.05) is 25.1 Å². The summed E-state index contributed by atoms with van der Waals surface area (Å²) in [5.74, 6) is 1.27. The molecule has 0 bridgehead atoms. The number of nitrogens with one attached hydrogen (secondary N) is 2. The molecule has 1 amide bonds.